The summed E-state index contributed by atoms with van der Waals surface area (Å²) >= 11 is 0. The van der Waals surface area contributed by atoms with E-state index in [4.69, 9.17) is 5.11 Å². The first-order valence-corrected chi connectivity index (χ1v) is 5.86. The van der Waals surface area contributed by atoms with Crippen molar-refractivity contribution >= 4 is 11.9 Å². The van der Waals surface area contributed by atoms with E-state index in [1.165, 1.54) is 0 Å². The van der Waals surface area contributed by atoms with E-state index < -0.39 is 29.7 Å². The van der Waals surface area contributed by atoms with Gasteiger partial charge in [-0.2, -0.15) is 13.2 Å². The molecule has 8 heteroatoms. The number of hydrogen-bond donors (Lipinski definition) is 1. The highest BCUT2D eigenvalue weighted by Gasteiger charge is 2.36. The lowest BCUT2D eigenvalue weighted by Crippen LogP contribution is -2.40. The van der Waals surface area contributed by atoms with Gasteiger partial charge in [-0.3, -0.25) is 9.78 Å². The fraction of sp³-hybridized carbons (Fsp3) is 0.417. The number of rotatable bonds is 2. The Morgan fingerprint density at radius 3 is 2.65 bits per heavy atom. The number of aliphatic carboxylic acids is 1. The second-order valence-corrected chi connectivity index (χ2v) is 4.45. The van der Waals surface area contributed by atoms with Crippen LogP contribution in [-0.4, -0.2) is 39.5 Å². The second kappa shape index (κ2) is 5.10. The van der Waals surface area contributed by atoms with Crippen LogP contribution in [0.3, 0.4) is 0 Å². The molecule has 1 aliphatic heterocycles. The predicted molar refractivity (Wildman–Crippen MR) is 60.9 cm³/mol. The Morgan fingerprint density at radius 2 is 2.05 bits per heavy atom. The highest BCUT2D eigenvalue weighted by atomic mass is 19.4. The maximum Gasteiger partial charge on any atom is 0.417 e. The summed E-state index contributed by atoms with van der Waals surface area (Å²) in [5.41, 5.74) is -1.29. The maximum atomic E-state index is 12.6. The molecule has 1 aromatic rings. The number of hydrogen-bond acceptors (Lipinski definition) is 3. The molecule has 0 radical (unpaired) electrons. The number of carboxylic acids is 1. The lowest BCUT2D eigenvalue weighted by molar-refractivity contribution is -0.141. The molecule has 2 rings (SSSR count). The summed E-state index contributed by atoms with van der Waals surface area (Å²) in [6.07, 6.45) is -2.16. The van der Waals surface area contributed by atoms with Crippen LogP contribution < -0.4 is 0 Å². The summed E-state index contributed by atoms with van der Waals surface area (Å²) < 4.78 is 37.7. The number of nitrogens with zero attached hydrogens (tertiary/aromatic N) is 2. The number of amides is 1. The van der Waals surface area contributed by atoms with Crippen LogP contribution in [0.15, 0.2) is 18.5 Å². The molecule has 1 fully saturated rings. The van der Waals surface area contributed by atoms with Gasteiger partial charge in [-0.15, -0.1) is 0 Å². The van der Waals surface area contributed by atoms with Crippen LogP contribution in [0, 0.1) is 0 Å². The summed E-state index contributed by atoms with van der Waals surface area (Å²) in [4.78, 5) is 27.5. The van der Waals surface area contributed by atoms with Crippen LogP contribution in [0.4, 0.5) is 13.2 Å². The average molecular weight is 288 g/mol. The topological polar surface area (TPSA) is 70.5 Å². The number of carboxylic acid groups (broad SMARTS) is 1. The number of carbonyl (C=O) groups excluding carboxylic acids is 1. The monoisotopic (exact) mass is 288 g/mol. The zero-order valence-electron chi connectivity index (χ0n) is 10.2. The van der Waals surface area contributed by atoms with Crippen molar-refractivity contribution in [3.63, 3.8) is 0 Å². The van der Waals surface area contributed by atoms with Gasteiger partial charge in [0.2, 0.25) is 0 Å². The molecule has 1 aliphatic rings. The van der Waals surface area contributed by atoms with Gasteiger partial charge >= 0.3 is 12.1 Å². The second-order valence-electron chi connectivity index (χ2n) is 4.45. The fourth-order valence-corrected chi connectivity index (χ4v) is 2.14. The minimum Gasteiger partial charge on any atom is -0.480 e. The fourth-order valence-electron chi connectivity index (χ4n) is 2.14. The third-order valence-electron chi connectivity index (χ3n) is 3.11. The van der Waals surface area contributed by atoms with Crippen molar-refractivity contribution in [3.8, 4) is 0 Å². The molecular weight excluding hydrogens is 277 g/mol. The number of halogens is 3. The van der Waals surface area contributed by atoms with Crippen LogP contribution in [0.2, 0.25) is 0 Å². The van der Waals surface area contributed by atoms with E-state index in [1.54, 1.807) is 0 Å². The molecule has 20 heavy (non-hydrogen) atoms. The van der Waals surface area contributed by atoms with E-state index in [0.29, 0.717) is 25.1 Å². The molecule has 1 atom stereocenters. The standard InChI is InChI=1S/C12H11F3N2O3/c13-12(14,15)8-4-7(5-16-6-8)10(18)17-3-1-2-9(17)11(19)20/h4-6,9H,1-3H2,(H,19,20)/t9-/m0/s1. The average Bonchev–Trinajstić information content (AvgIpc) is 2.86. The van der Waals surface area contributed by atoms with Crippen LogP contribution in [0.1, 0.15) is 28.8 Å². The number of pyridine rings is 1. The van der Waals surface area contributed by atoms with Crippen LogP contribution in [-0.2, 0) is 11.0 Å². The van der Waals surface area contributed by atoms with Crippen molar-refractivity contribution in [3.05, 3.63) is 29.6 Å². The first-order valence-electron chi connectivity index (χ1n) is 5.86. The molecule has 0 saturated carbocycles. The number of alkyl halides is 3. The Balaban J connectivity index is 2.28. The largest absolute Gasteiger partial charge is 0.480 e. The van der Waals surface area contributed by atoms with Crippen molar-refractivity contribution in [1.29, 1.82) is 0 Å². The predicted octanol–water partition coefficient (Wildman–Crippen LogP) is 1.79. The Hall–Kier alpha value is -2.12. The van der Waals surface area contributed by atoms with Crippen molar-refractivity contribution in [2.45, 2.75) is 25.1 Å². The summed E-state index contributed by atoms with van der Waals surface area (Å²) in [5, 5.41) is 8.97. The van der Waals surface area contributed by atoms with E-state index in [-0.39, 0.29) is 12.1 Å². The molecule has 2 heterocycles. The third kappa shape index (κ3) is 2.73. The van der Waals surface area contributed by atoms with Gasteiger partial charge in [0.25, 0.3) is 5.91 Å². The highest BCUT2D eigenvalue weighted by Crippen LogP contribution is 2.29. The van der Waals surface area contributed by atoms with E-state index in [2.05, 4.69) is 4.98 Å². The SMILES string of the molecule is O=C(O)[C@@H]1CCCN1C(=O)c1cncc(C(F)(F)F)c1. The molecule has 0 bridgehead atoms. The molecule has 1 N–H and O–H groups in total. The van der Waals surface area contributed by atoms with Crippen LogP contribution >= 0.6 is 0 Å². The quantitative estimate of drug-likeness (QED) is 0.900. The minimum absolute atomic E-state index is 0.214. The molecular formula is C12H11F3N2O3. The van der Waals surface area contributed by atoms with E-state index in [0.717, 1.165) is 11.1 Å². The molecule has 1 aromatic heterocycles. The summed E-state index contributed by atoms with van der Waals surface area (Å²) in [5.74, 6) is -1.90. The Kier molecular flexibility index (Phi) is 3.65. The summed E-state index contributed by atoms with van der Waals surface area (Å²) in [6.45, 7) is 0.214. The van der Waals surface area contributed by atoms with Crippen molar-refractivity contribution in [1.82, 2.24) is 9.88 Å². The van der Waals surface area contributed by atoms with Crippen molar-refractivity contribution < 1.29 is 27.9 Å². The van der Waals surface area contributed by atoms with Gasteiger partial charge in [-0.05, 0) is 18.9 Å². The molecule has 108 valence electrons. The van der Waals surface area contributed by atoms with Crippen molar-refractivity contribution in [2.24, 2.45) is 0 Å². The van der Waals surface area contributed by atoms with E-state index >= 15 is 0 Å². The van der Waals surface area contributed by atoms with Gasteiger partial charge < -0.3 is 10.0 Å². The maximum absolute atomic E-state index is 12.6. The van der Waals surface area contributed by atoms with Gasteiger partial charge in [-0.25, -0.2) is 4.79 Å². The molecule has 1 amide bonds. The van der Waals surface area contributed by atoms with E-state index in [1.807, 2.05) is 0 Å². The van der Waals surface area contributed by atoms with Gasteiger partial charge in [-0.1, -0.05) is 0 Å². The first-order chi connectivity index (χ1) is 9.30. The molecule has 5 nitrogen and oxygen atoms in total. The smallest absolute Gasteiger partial charge is 0.417 e. The molecule has 0 aliphatic carbocycles. The van der Waals surface area contributed by atoms with Gasteiger partial charge in [0.15, 0.2) is 0 Å². The minimum atomic E-state index is -4.60. The Bertz CT molecular complexity index is 545. The molecule has 0 unspecified atom stereocenters. The van der Waals surface area contributed by atoms with Gasteiger partial charge in [0.05, 0.1) is 11.1 Å². The van der Waals surface area contributed by atoms with E-state index in [9.17, 15) is 22.8 Å². The van der Waals surface area contributed by atoms with Crippen LogP contribution in [0.25, 0.3) is 0 Å². The number of aromatic nitrogens is 1. The number of carbonyl (C=O) groups is 2. The van der Waals surface area contributed by atoms with Gasteiger partial charge in [0, 0.05) is 18.9 Å². The van der Waals surface area contributed by atoms with Crippen LogP contribution in [0.5, 0.6) is 0 Å². The molecule has 0 spiro atoms. The zero-order chi connectivity index (χ0) is 14.9. The van der Waals surface area contributed by atoms with Gasteiger partial charge in [0.1, 0.15) is 6.04 Å². The Morgan fingerprint density at radius 1 is 1.35 bits per heavy atom. The molecule has 0 aromatic carbocycles. The highest BCUT2D eigenvalue weighted by molar-refractivity contribution is 5.96. The number of likely N-dealkylation sites (tertiary alicyclic amines) is 1. The summed E-state index contributed by atoms with van der Waals surface area (Å²) in [7, 11) is 0. The first kappa shape index (κ1) is 14.3. The normalized spacial score (nSPS) is 19.1. The van der Waals surface area contributed by atoms with Crippen molar-refractivity contribution in [2.75, 3.05) is 6.54 Å². The third-order valence-corrected chi connectivity index (χ3v) is 3.11. The Labute approximate surface area is 112 Å². The molecule has 1 saturated heterocycles. The summed E-state index contributed by atoms with van der Waals surface area (Å²) in [6, 6.07) is -0.302. The zero-order valence-corrected chi connectivity index (χ0v) is 10.2. The lowest BCUT2D eigenvalue weighted by Gasteiger charge is -2.21. The lowest BCUT2D eigenvalue weighted by atomic mass is 10.1.